The molecule has 4 heteroatoms. The first-order valence-corrected chi connectivity index (χ1v) is 13.0. The first-order chi connectivity index (χ1) is 17.4. The lowest BCUT2D eigenvalue weighted by molar-refractivity contribution is 0.296. The van der Waals surface area contributed by atoms with Crippen LogP contribution in [-0.2, 0) is 6.42 Å². The van der Waals surface area contributed by atoms with Gasteiger partial charge < -0.3 is 0 Å². The minimum atomic E-state index is -0.777. The van der Waals surface area contributed by atoms with Gasteiger partial charge in [-0.05, 0) is 111 Å². The first-order valence-electron chi connectivity index (χ1n) is 13.0. The minimum Gasteiger partial charge on any atom is -0.207 e. The van der Waals surface area contributed by atoms with Gasteiger partial charge in [-0.1, -0.05) is 49.4 Å². The standard InChI is InChI=1S/C32H34F4/c1-3-4-6-11-27-28(33)19-26(20-29(27)34)32-30(35)17-25(18-31(32)36)24-14-12-22(13-15-24)16-21(2)23-9-7-5-8-10-23/h3-5,7-10,17-22,24H,6,11-16H2,1-2H3/t21-,22?,24?/m1/s1. The molecule has 0 heterocycles. The van der Waals surface area contributed by atoms with Crippen molar-refractivity contribution >= 4 is 0 Å². The second kappa shape index (κ2) is 11.9. The fourth-order valence-corrected chi connectivity index (χ4v) is 5.63. The molecule has 1 aliphatic rings. The van der Waals surface area contributed by atoms with Crippen molar-refractivity contribution in [1.29, 1.82) is 0 Å². The largest absolute Gasteiger partial charge is 0.207 e. The maximum atomic E-state index is 15.1. The van der Waals surface area contributed by atoms with E-state index in [1.165, 1.54) is 17.7 Å². The van der Waals surface area contributed by atoms with Gasteiger partial charge in [-0.2, -0.15) is 0 Å². The molecule has 0 aromatic heterocycles. The van der Waals surface area contributed by atoms with E-state index in [0.717, 1.165) is 44.2 Å². The molecular formula is C32H34F4. The summed E-state index contributed by atoms with van der Waals surface area (Å²) in [5.41, 5.74) is 1.43. The lowest BCUT2D eigenvalue weighted by Crippen LogP contribution is -2.15. The monoisotopic (exact) mass is 494 g/mol. The molecule has 1 aliphatic carbocycles. The summed E-state index contributed by atoms with van der Waals surface area (Å²) in [6, 6.07) is 15.3. The summed E-state index contributed by atoms with van der Waals surface area (Å²) >= 11 is 0. The molecule has 190 valence electrons. The second-order valence-electron chi connectivity index (χ2n) is 10.2. The van der Waals surface area contributed by atoms with E-state index in [-0.39, 0.29) is 29.0 Å². The Balaban J connectivity index is 1.45. The van der Waals surface area contributed by atoms with E-state index in [4.69, 9.17) is 0 Å². The fourth-order valence-electron chi connectivity index (χ4n) is 5.63. The Kier molecular flexibility index (Phi) is 8.66. The number of hydrogen-bond acceptors (Lipinski definition) is 0. The van der Waals surface area contributed by atoms with Gasteiger partial charge in [0.15, 0.2) is 0 Å². The van der Waals surface area contributed by atoms with Crippen molar-refractivity contribution in [3.8, 4) is 11.1 Å². The lowest BCUT2D eigenvalue weighted by atomic mass is 9.75. The average Bonchev–Trinajstić information content (AvgIpc) is 2.86. The Hall–Kier alpha value is -2.88. The van der Waals surface area contributed by atoms with Crippen LogP contribution in [0.3, 0.4) is 0 Å². The Bertz CT molecular complexity index is 1140. The Morgan fingerprint density at radius 2 is 1.44 bits per heavy atom. The molecule has 0 nitrogen and oxygen atoms in total. The van der Waals surface area contributed by atoms with Crippen LogP contribution >= 0.6 is 0 Å². The predicted octanol–water partition coefficient (Wildman–Crippen LogP) is 9.89. The molecule has 0 spiro atoms. The topological polar surface area (TPSA) is 0 Å². The molecule has 0 bridgehead atoms. The van der Waals surface area contributed by atoms with E-state index in [2.05, 4.69) is 31.2 Å². The maximum Gasteiger partial charge on any atom is 0.134 e. The molecule has 0 unspecified atom stereocenters. The third-order valence-electron chi connectivity index (χ3n) is 7.66. The van der Waals surface area contributed by atoms with Gasteiger partial charge in [-0.3, -0.25) is 0 Å². The molecule has 0 saturated heterocycles. The molecule has 0 amide bonds. The number of hydrogen-bond donors (Lipinski definition) is 0. The normalized spacial score (nSPS) is 19.1. The van der Waals surface area contributed by atoms with Crippen LogP contribution in [0.1, 0.15) is 80.9 Å². The van der Waals surface area contributed by atoms with Crippen molar-refractivity contribution in [2.45, 2.75) is 70.6 Å². The van der Waals surface area contributed by atoms with Crippen molar-refractivity contribution in [3.63, 3.8) is 0 Å². The van der Waals surface area contributed by atoms with Crippen molar-refractivity contribution in [1.82, 2.24) is 0 Å². The van der Waals surface area contributed by atoms with Gasteiger partial charge in [0.2, 0.25) is 0 Å². The van der Waals surface area contributed by atoms with Gasteiger partial charge in [0.1, 0.15) is 23.3 Å². The van der Waals surface area contributed by atoms with Gasteiger partial charge in [-0.25, -0.2) is 17.6 Å². The molecule has 0 aliphatic heterocycles. The van der Waals surface area contributed by atoms with Crippen molar-refractivity contribution in [2.24, 2.45) is 5.92 Å². The van der Waals surface area contributed by atoms with Gasteiger partial charge >= 0.3 is 0 Å². The third-order valence-corrected chi connectivity index (χ3v) is 7.66. The highest BCUT2D eigenvalue weighted by Crippen LogP contribution is 2.41. The number of allylic oxidation sites excluding steroid dienone is 2. The fraction of sp³-hybridized carbons (Fsp3) is 0.375. The van der Waals surface area contributed by atoms with Crippen LogP contribution in [0.5, 0.6) is 0 Å². The van der Waals surface area contributed by atoms with Gasteiger partial charge in [0.05, 0.1) is 5.56 Å². The molecule has 36 heavy (non-hydrogen) atoms. The van der Waals surface area contributed by atoms with E-state index >= 15 is 8.78 Å². The molecule has 0 radical (unpaired) electrons. The Labute approximate surface area is 212 Å². The zero-order valence-electron chi connectivity index (χ0n) is 21.0. The summed E-state index contributed by atoms with van der Waals surface area (Å²) in [6.45, 7) is 4.09. The van der Waals surface area contributed by atoms with Crippen molar-refractivity contribution in [2.75, 3.05) is 0 Å². The third kappa shape index (κ3) is 6.08. The van der Waals surface area contributed by atoms with Crippen LogP contribution in [0.25, 0.3) is 11.1 Å². The van der Waals surface area contributed by atoms with E-state index in [1.54, 1.807) is 0 Å². The summed E-state index contributed by atoms with van der Waals surface area (Å²) in [7, 11) is 0. The summed E-state index contributed by atoms with van der Waals surface area (Å²) in [6.07, 6.45) is 9.25. The SMILES string of the molecule is CC=CCCc1c(F)cc(-c2c(F)cc(C3CCC(C[C@@H](C)c4ccccc4)CC3)cc2F)cc1F. The van der Waals surface area contributed by atoms with E-state index in [1.807, 2.05) is 25.1 Å². The lowest BCUT2D eigenvalue weighted by Gasteiger charge is -2.30. The van der Waals surface area contributed by atoms with Crippen molar-refractivity contribution in [3.05, 3.63) is 107 Å². The molecule has 1 fully saturated rings. The quantitative estimate of drug-likeness (QED) is 0.216. The smallest absolute Gasteiger partial charge is 0.134 e. The highest BCUT2D eigenvalue weighted by atomic mass is 19.1. The summed E-state index contributed by atoms with van der Waals surface area (Å²) < 4.78 is 59.4. The number of halogens is 4. The van der Waals surface area contributed by atoms with Crippen molar-refractivity contribution < 1.29 is 17.6 Å². The molecule has 3 aromatic carbocycles. The molecule has 4 rings (SSSR count). The summed E-state index contributed by atoms with van der Waals surface area (Å²) in [5, 5.41) is 0. The summed E-state index contributed by atoms with van der Waals surface area (Å²) in [5.74, 6) is -1.93. The van der Waals surface area contributed by atoms with Gasteiger partial charge in [0.25, 0.3) is 0 Å². The minimum absolute atomic E-state index is 0.0624. The number of rotatable bonds is 8. The zero-order chi connectivity index (χ0) is 25.7. The van der Waals surface area contributed by atoms with E-state index in [9.17, 15) is 8.78 Å². The first kappa shape index (κ1) is 26.2. The van der Waals surface area contributed by atoms with Gasteiger partial charge in [-0.15, -0.1) is 0 Å². The molecular weight excluding hydrogens is 460 g/mol. The highest BCUT2D eigenvalue weighted by Gasteiger charge is 2.26. The van der Waals surface area contributed by atoms with Crippen LogP contribution in [0, 0.1) is 29.2 Å². The maximum absolute atomic E-state index is 15.1. The number of benzene rings is 3. The molecule has 0 N–H and O–H groups in total. The van der Waals surface area contributed by atoms with Gasteiger partial charge in [0, 0.05) is 5.56 Å². The Morgan fingerprint density at radius 1 is 0.833 bits per heavy atom. The predicted molar refractivity (Wildman–Crippen MR) is 139 cm³/mol. The molecule has 1 saturated carbocycles. The zero-order valence-corrected chi connectivity index (χ0v) is 21.0. The molecule has 3 aromatic rings. The average molecular weight is 495 g/mol. The van der Waals surface area contributed by atoms with Crippen LogP contribution in [0.2, 0.25) is 0 Å². The van der Waals surface area contributed by atoms with E-state index in [0.29, 0.717) is 23.8 Å². The molecule has 1 atom stereocenters. The summed E-state index contributed by atoms with van der Waals surface area (Å²) in [4.78, 5) is 0. The van der Waals surface area contributed by atoms with Crippen LogP contribution in [0.4, 0.5) is 17.6 Å². The van der Waals surface area contributed by atoms with Crippen LogP contribution in [-0.4, -0.2) is 0 Å². The highest BCUT2D eigenvalue weighted by molar-refractivity contribution is 5.66. The van der Waals surface area contributed by atoms with E-state index < -0.39 is 23.3 Å². The van der Waals surface area contributed by atoms with Crippen LogP contribution < -0.4 is 0 Å². The Morgan fingerprint density at radius 3 is 2.03 bits per heavy atom. The van der Waals surface area contributed by atoms with Crippen LogP contribution in [0.15, 0.2) is 66.7 Å². The second-order valence-corrected chi connectivity index (χ2v) is 10.2.